The molecule has 2 amide bonds. The molecule has 0 atom stereocenters. The van der Waals surface area contributed by atoms with Crippen molar-refractivity contribution in [2.24, 2.45) is 7.05 Å². The van der Waals surface area contributed by atoms with Crippen molar-refractivity contribution in [2.45, 2.75) is 53.2 Å². The molecular formula is C60H57Cl4FN6O9. The smallest absolute Gasteiger partial charge is 0.258 e. The van der Waals surface area contributed by atoms with Gasteiger partial charge in [0.1, 0.15) is 45.9 Å². The molecule has 15 nitrogen and oxygen atoms in total. The van der Waals surface area contributed by atoms with Crippen LogP contribution in [0.5, 0.6) is 34.5 Å². The average molecular weight is 1170 g/mol. The Bertz CT molecular complexity index is 3760. The summed E-state index contributed by atoms with van der Waals surface area (Å²) in [5.74, 6) is 1.22. The van der Waals surface area contributed by atoms with Gasteiger partial charge >= 0.3 is 0 Å². The average Bonchev–Trinajstić information content (AvgIpc) is 3.63. The van der Waals surface area contributed by atoms with Crippen LogP contribution in [0.15, 0.2) is 115 Å². The van der Waals surface area contributed by atoms with Crippen LogP contribution in [0.4, 0.5) is 15.8 Å². The van der Waals surface area contributed by atoms with E-state index in [1.165, 1.54) is 62.2 Å². The molecule has 4 heterocycles. The fourth-order valence-electron chi connectivity index (χ4n) is 8.74. The first-order valence-corrected chi connectivity index (χ1v) is 26.3. The van der Waals surface area contributed by atoms with E-state index in [0.29, 0.717) is 99.9 Å². The van der Waals surface area contributed by atoms with Gasteiger partial charge in [0.2, 0.25) is 5.91 Å². The Hall–Kier alpha value is -7.89. The number of hydrogen-bond donors (Lipinski definition) is 1. The molecule has 5 aromatic carbocycles. The number of ether oxygens (including phenoxy) is 6. The van der Waals surface area contributed by atoms with Crippen LogP contribution >= 0.6 is 46.4 Å². The second-order valence-electron chi connectivity index (χ2n) is 18.5. The van der Waals surface area contributed by atoms with Crippen molar-refractivity contribution in [3.8, 4) is 79.4 Å². The van der Waals surface area contributed by atoms with Gasteiger partial charge in [0.15, 0.2) is 5.82 Å². The fourth-order valence-corrected chi connectivity index (χ4v) is 10.2. The van der Waals surface area contributed by atoms with E-state index in [0.717, 1.165) is 0 Å². The zero-order chi connectivity index (χ0) is 58.5. The molecule has 0 unspecified atom stereocenters. The van der Waals surface area contributed by atoms with E-state index in [4.69, 9.17) is 74.8 Å². The monoisotopic (exact) mass is 1160 g/mol. The number of fused-ring (bicyclic) bond motifs is 3. The van der Waals surface area contributed by atoms with E-state index in [2.05, 4.69) is 33.4 Å². The van der Waals surface area contributed by atoms with Gasteiger partial charge in [0, 0.05) is 76.9 Å². The number of carbonyl (C=O) groups is 2. The highest BCUT2D eigenvalue weighted by atomic mass is 35.5. The molecule has 20 heteroatoms. The Morgan fingerprint density at radius 3 is 1.93 bits per heavy atom. The second-order valence-corrected chi connectivity index (χ2v) is 20.0. The third-order valence-corrected chi connectivity index (χ3v) is 13.9. The van der Waals surface area contributed by atoms with E-state index in [9.17, 15) is 14.4 Å². The van der Waals surface area contributed by atoms with Crippen molar-refractivity contribution in [3.05, 3.63) is 147 Å². The Kier molecular flexibility index (Phi) is 18.7. The van der Waals surface area contributed by atoms with E-state index in [1.54, 1.807) is 68.0 Å². The second kappa shape index (κ2) is 25.1. The van der Waals surface area contributed by atoms with Crippen LogP contribution in [0, 0.1) is 5.82 Å². The number of halogens is 5. The van der Waals surface area contributed by atoms with Gasteiger partial charge < -0.3 is 43.2 Å². The minimum absolute atomic E-state index is 0.0825. The molecule has 0 saturated heterocycles. The molecule has 0 radical (unpaired) electrons. The van der Waals surface area contributed by atoms with Gasteiger partial charge in [-0.05, 0) is 87.9 Å². The van der Waals surface area contributed by atoms with Crippen molar-refractivity contribution in [1.82, 2.24) is 19.5 Å². The van der Waals surface area contributed by atoms with Crippen LogP contribution in [-0.4, -0.2) is 78.0 Å². The lowest BCUT2D eigenvalue weighted by atomic mass is 10.0. The van der Waals surface area contributed by atoms with Gasteiger partial charge in [-0.1, -0.05) is 79.5 Å². The molecule has 1 aliphatic heterocycles. The van der Waals surface area contributed by atoms with Gasteiger partial charge in [-0.25, -0.2) is 14.4 Å². The number of aromatic nitrogens is 4. The SMILES string of the molecule is C=CC(=O)N1CC(C)(C)Oc2cc(F)c(-c3ncc4cc(-c5c(Cl)c(OC)cc(OC)c5Cl)ccc4n3)cc21.C=CC(=O)Nc1cc(OC(C)C)cc(-c2cc3c(cn2)cc(-c2c(Cl)c(OC)cc(OC)c2Cl)c(=O)n3C)c1.CC. The van der Waals surface area contributed by atoms with Crippen molar-refractivity contribution in [2.75, 3.05) is 45.2 Å². The molecule has 416 valence electrons. The van der Waals surface area contributed by atoms with E-state index < -0.39 is 11.4 Å². The fraction of sp³-hybridized carbons (Fsp3) is 0.233. The molecule has 0 aliphatic carbocycles. The van der Waals surface area contributed by atoms with Gasteiger partial charge in [-0.2, -0.15) is 0 Å². The number of nitrogens with one attached hydrogen (secondary N) is 1. The maximum Gasteiger partial charge on any atom is 0.258 e. The van der Waals surface area contributed by atoms with Crippen molar-refractivity contribution in [3.63, 3.8) is 0 Å². The van der Waals surface area contributed by atoms with Gasteiger partial charge in [-0.15, -0.1) is 0 Å². The number of pyridine rings is 2. The number of benzene rings is 5. The Morgan fingerprint density at radius 2 is 1.35 bits per heavy atom. The summed E-state index contributed by atoms with van der Waals surface area (Å²) in [4.78, 5) is 53.3. The minimum atomic E-state index is -0.699. The number of nitrogens with zero attached hydrogens (tertiary/aromatic N) is 5. The molecule has 9 rings (SSSR count). The Balaban J connectivity index is 0.000000224. The first kappa shape index (κ1) is 59.8. The van der Waals surface area contributed by atoms with Crippen LogP contribution in [0.3, 0.4) is 0 Å². The normalized spacial score (nSPS) is 12.2. The molecule has 8 aromatic rings. The number of anilines is 2. The lowest BCUT2D eigenvalue weighted by Crippen LogP contribution is -2.49. The van der Waals surface area contributed by atoms with Gasteiger partial charge in [-0.3, -0.25) is 19.4 Å². The third-order valence-electron chi connectivity index (χ3n) is 12.4. The van der Waals surface area contributed by atoms with Crippen molar-refractivity contribution >= 4 is 91.4 Å². The summed E-state index contributed by atoms with van der Waals surface area (Å²) >= 11 is 26.4. The van der Waals surface area contributed by atoms with E-state index in [-0.39, 0.29) is 62.8 Å². The summed E-state index contributed by atoms with van der Waals surface area (Å²) in [6.45, 7) is 18.8. The predicted octanol–water partition coefficient (Wildman–Crippen LogP) is 14.6. The molecule has 0 saturated carbocycles. The molecule has 0 bridgehead atoms. The topological polar surface area (TPSA) is 165 Å². The summed E-state index contributed by atoms with van der Waals surface area (Å²) in [5, 5.41) is 5.18. The number of amides is 2. The Morgan fingerprint density at radius 1 is 0.750 bits per heavy atom. The maximum absolute atomic E-state index is 15.3. The van der Waals surface area contributed by atoms with Gasteiger partial charge in [0.05, 0.1) is 94.7 Å². The molecule has 3 aromatic heterocycles. The number of carbonyl (C=O) groups excluding carboxylic acids is 2. The zero-order valence-electron chi connectivity index (χ0n) is 45.7. The standard InChI is InChI=1S/C29H24Cl2FN3O4.C29H27Cl2N3O5.C2H6/c1-6-24(36)35-14-29(2,3)39-21-11-18(32)17(10-20(21)35)28-33-13-16-9-15(7-8-19(16)34-28)25-26(30)22(37-4)12-23(38-5)27(25)31;1-7-25(35)33-18-8-16(9-19(11-18)39-15(2)3)21-12-22-17(14-32-21)10-20(29(36)34(22)4)26-27(30)23(37-5)13-24(38-6)28(26)31;1-2/h6-13H,1,14H2,2-5H3;7-15H,1H2,2-6H3,(H,33,35);1-2H3. The minimum Gasteiger partial charge on any atom is -0.495 e. The van der Waals surface area contributed by atoms with Crippen LogP contribution in [-0.2, 0) is 16.6 Å². The van der Waals surface area contributed by atoms with Crippen molar-refractivity contribution < 1.29 is 42.4 Å². The molecular weight excluding hydrogens is 1110 g/mol. The molecule has 0 spiro atoms. The molecule has 0 fully saturated rings. The highest BCUT2D eigenvalue weighted by Crippen LogP contribution is 2.48. The third kappa shape index (κ3) is 12.3. The summed E-state index contributed by atoms with van der Waals surface area (Å²) in [7, 11) is 7.61. The van der Waals surface area contributed by atoms with Gasteiger partial charge in [0.25, 0.3) is 11.5 Å². The first-order chi connectivity index (χ1) is 38.1. The molecule has 1 aliphatic rings. The number of rotatable bonds is 13. The summed E-state index contributed by atoms with van der Waals surface area (Å²) in [6.07, 6.45) is 5.57. The van der Waals surface area contributed by atoms with Crippen LogP contribution in [0.1, 0.15) is 41.5 Å². The maximum atomic E-state index is 15.3. The van der Waals surface area contributed by atoms with Crippen LogP contribution in [0.2, 0.25) is 20.1 Å². The van der Waals surface area contributed by atoms with E-state index in [1.807, 2.05) is 53.7 Å². The predicted molar refractivity (Wildman–Crippen MR) is 318 cm³/mol. The zero-order valence-corrected chi connectivity index (χ0v) is 48.8. The quantitative estimate of drug-likeness (QED) is 0.109. The van der Waals surface area contributed by atoms with Crippen LogP contribution in [0.25, 0.3) is 66.7 Å². The highest BCUT2D eigenvalue weighted by Gasteiger charge is 2.35. The largest absolute Gasteiger partial charge is 0.495 e. The number of methoxy groups -OCH3 is 4. The molecule has 80 heavy (non-hydrogen) atoms. The summed E-state index contributed by atoms with van der Waals surface area (Å²) in [5.41, 5.74) is 4.33. The highest BCUT2D eigenvalue weighted by molar-refractivity contribution is 6.42. The Labute approximate surface area is 482 Å². The lowest BCUT2D eigenvalue weighted by molar-refractivity contribution is -0.115. The first-order valence-electron chi connectivity index (χ1n) is 24.8. The summed E-state index contributed by atoms with van der Waals surface area (Å²) < 4.78 is 50.1. The van der Waals surface area contributed by atoms with Crippen LogP contribution < -0.4 is 44.2 Å². The van der Waals surface area contributed by atoms with E-state index >= 15 is 4.39 Å². The summed E-state index contributed by atoms with van der Waals surface area (Å²) in [6, 6.07) is 20.2. The number of hydrogen-bond acceptors (Lipinski definition) is 12. The lowest BCUT2D eigenvalue weighted by Gasteiger charge is -2.39. The molecule has 1 N–H and O–H groups in total. The van der Waals surface area contributed by atoms with Crippen molar-refractivity contribution in [1.29, 1.82) is 0 Å². The number of aryl methyl sites for hydroxylation is 1.